The van der Waals surface area contributed by atoms with Crippen molar-refractivity contribution in [1.82, 2.24) is 20.2 Å². The fourth-order valence-electron chi connectivity index (χ4n) is 4.23. The summed E-state index contributed by atoms with van der Waals surface area (Å²) in [7, 11) is 0. The number of para-hydroxylation sites is 1. The van der Waals surface area contributed by atoms with Crippen molar-refractivity contribution in [3.8, 4) is 0 Å². The van der Waals surface area contributed by atoms with Gasteiger partial charge in [0.25, 0.3) is 0 Å². The number of hydrogen-bond acceptors (Lipinski definition) is 3. The molecule has 2 unspecified atom stereocenters. The largest absolute Gasteiger partial charge is 0.362 e. The van der Waals surface area contributed by atoms with Gasteiger partial charge in [0, 0.05) is 45.4 Å². The Morgan fingerprint density at radius 2 is 1.91 bits per heavy atom. The van der Waals surface area contributed by atoms with Crippen molar-refractivity contribution in [3.05, 3.63) is 80.4 Å². The van der Waals surface area contributed by atoms with Crippen molar-refractivity contribution in [1.29, 1.82) is 0 Å². The molecule has 0 aliphatic carbocycles. The van der Waals surface area contributed by atoms with E-state index in [1.165, 1.54) is 9.13 Å². The van der Waals surface area contributed by atoms with E-state index >= 15 is 0 Å². The number of carbonyl (C=O) groups is 1. The molecule has 1 aliphatic heterocycles. The van der Waals surface area contributed by atoms with Crippen LogP contribution < -0.4 is 10.6 Å². The number of rotatable bonds is 6. The number of nitrogens with zero attached hydrogens (tertiary/aromatic N) is 2. The number of aromatic nitrogens is 2. The van der Waals surface area contributed by atoms with E-state index < -0.39 is 0 Å². The van der Waals surface area contributed by atoms with Crippen LogP contribution in [0, 0.1) is 24.3 Å². The lowest BCUT2D eigenvalue weighted by Crippen LogP contribution is -2.33. The molecular formula is C24H26IN5OS. The molecule has 3 N–H and O–H groups in total. The molecule has 3 heterocycles. The minimum absolute atomic E-state index is 0.0289. The standard InChI is InChI=1S/C24H26IN5OS/c1-14-8-4-5-9-17(14)28-19(31)11-13-30-23(20-15(2)27-16(3)21(20)25)22(29-24(30)32)18-10-6-7-12-26-18/h4-10,12,22-23,27H,11,13H2,1-3H3,(H,28,31)(H,29,32). The van der Waals surface area contributed by atoms with Crippen LogP contribution in [0.5, 0.6) is 0 Å². The molecule has 166 valence electrons. The summed E-state index contributed by atoms with van der Waals surface area (Å²) in [4.78, 5) is 22.9. The highest BCUT2D eigenvalue weighted by Crippen LogP contribution is 2.42. The Morgan fingerprint density at radius 1 is 1.16 bits per heavy atom. The fraction of sp³-hybridized carbons (Fsp3) is 0.292. The van der Waals surface area contributed by atoms with E-state index in [1.807, 2.05) is 49.4 Å². The molecule has 0 bridgehead atoms. The van der Waals surface area contributed by atoms with Crippen molar-refractivity contribution in [2.75, 3.05) is 11.9 Å². The molecule has 0 saturated carbocycles. The number of anilines is 1. The summed E-state index contributed by atoms with van der Waals surface area (Å²) < 4.78 is 1.19. The highest BCUT2D eigenvalue weighted by Gasteiger charge is 2.42. The van der Waals surface area contributed by atoms with E-state index in [0.29, 0.717) is 18.1 Å². The lowest BCUT2D eigenvalue weighted by molar-refractivity contribution is -0.116. The predicted octanol–water partition coefficient (Wildman–Crippen LogP) is 4.94. The first-order chi connectivity index (χ1) is 15.4. The SMILES string of the molecule is Cc1ccccc1NC(=O)CCN1C(=S)NC(c2ccccn2)C1c1c(C)[nH]c(C)c1I. The van der Waals surface area contributed by atoms with Gasteiger partial charge in [0.15, 0.2) is 5.11 Å². The number of nitrogens with one attached hydrogen (secondary N) is 3. The second-order valence-corrected chi connectivity index (χ2v) is 9.50. The van der Waals surface area contributed by atoms with E-state index in [9.17, 15) is 4.79 Å². The number of hydrogen-bond donors (Lipinski definition) is 3. The summed E-state index contributed by atoms with van der Waals surface area (Å²) in [6, 6.07) is 13.6. The van der Waals surface area contributed by atoms with Gasteiger partial charge < -0.3 is 20.5 Å². The van der Waals surface area contributed by atoms with Crippen molar-refractivity contribution < 1.29 is 4.79 Å². The summed E-state index contributed by atoms with van der Waals surface area (Å²) in [5.74, 6) is -0.0289. The quantitative estimate of drug-likeness (QED) is 0.295. The molecule has 2 aromatic heterocycles. The highest BCUT2D eigenvalue weighted by molar-refractivity contribution is 14.1. The van der Waals surface area contributed by atoms with Gasteiger partial charge in [-0.25, -0.2) is 0 Å². The molecule has 32 heavy (non-hydrogen) atoms. The molecule has 4 rings (SSSR count). The Balaban J connectivity index is 1.60. The Bertz CT molecular complexity index is 1150. The number of pyridine rings is 1. The zero-order valence-corrected chi connectivity index (χ0v) is 21.3. The molecule has 1 amide bonds. The van der Waals surface area contributed by atoms with Crippen LogP contribution in [-0.4, -0.2) is 32.4 Å². The minimum Gasteiger partial charge on any atom is -0.362 e. The van der Waals surface area contributed by atoms with Gasteiger partial charge >= 0.3 is 0 Å². The maximum Gasteiger partial charge on any atom is 0.226 e. The monoisotopic (exact) mass is 559 g/mol. The van der Waals surface area contributed by atoms with E-state index in [2.05, 4.69) is 61.9 Å². The molecule has 0 radical (unpaired) electrons. The van der Waals surface area contributed by atoms with Gasteiger partial charge in [-0.15, -0.1) is 0 Å². The van der Waals surface area contributed by atoms with Crippen LogP contribution >= 0.6 is 34.8 Å². The lowest BCUT2D eigenvalue weighted by Gasteiger charge is -2.28. The Labute approximate surface area is 207 Å². The zero-order valence-electron chi connectivity index (χ0n) is 18.3. The topological polar surface area (TPSA) is 73.1 Å². The van der Waals surface area contributed by atoms with Gasteiger partial charge in [0.1, 0.15) is 0 Å². The maximum atomic E-state index is 12.7. The summed E-state index contributed by atoms with van der Waals surface area (Å²) in [6.07, 6.45) is 2.14. The van der Waals surface area contributed by atoms with Crippen LogP contribution in [0.1, 0.15) is 46.7 Å². The molecule has 3 aromatic rings. The first-order valence-corrected chi connectivity index (χ1v) is 12.0. The highest BCUT2D eigenvalue weighted by atomic mass is 127. The molecule has 1 aliphatic rings. The number of benzene rings is 1. The average Bonchev–Trinajstić information content (AvgIpc) is 3.23. The van der Waals surface area contributed by atoms with Crippen LogP contribution in [0.2, 0.25) is 0 Å². The number of H-pyrrole nitrogens is 1. The molecule has 8 heteroatoms. The second kappa shape index (κ2) is 9.58. The van der Waals surface area contributed by atoms with Crippen molar-refractivity contribution in [3.63, 3.8) is 0 Å². The van der Waals surface area contributed by atoms with Gasteiger partial charge in [0.2, 0.25) is 5.91 Å². The van der Waals surface area contributed by atoms with Gasteiger partial charge in [-0.2, -0.15) is 0 Å². The minimum atomic E-state index is -0.0921. The number of halogens is 1. The van der Waals surface area contributed by atoms with Gasteiger partial charge in [-0.3, -0.25) is 9.78 Å². The number of aryl methyl sites for hydroxylation is 3. The Morgan fingerprint density at radius 3 is 2.56 bits per heavy atom. The average molecular weight is 559 g/mol. The Kier molecular flexibility index (Phi) is 6.80. The van der Waals surface area contributed by atoms with E-state index in [-0.39, 0.29) is 18.0 Å². The summed E-state index contributed by atoms with van der Waals surface area (Å²) >= 11 is 8.13. The van der Waals surface area contributed by atoms with Gasteiger partial charge in [-0.1, -0.05) is 24.3 Å². The second-order valence-electron chi connectivity index (χ2n) is 8.04. The molecular weight excluding hydrogens is 533 g/mol. The number of amides is 1. The van der Waals surface area contributed by atoms with Gasteiger partial charge in [-0.05, 0) is 79.3 Å². The summed E-state index contributed by atoms with van der Waals surface area (Å²) in [5.41, 5.74) is 6.26. The maximum absolute atomic E-state index is 12.7. The third-order valence-corrected chi connectivity index (χ3v) is 7.58. The number of thiocarbonyl (C=S) groups is 1. The molecule has 1 fully saturated rings. The predicted molar refractivity (Wildman–Crippen MR) is 140 cm³/mol. The first kappa shape index (κ1) is 22.7. The van der Waals surface area contributed by atoms with Crippen LogP contribution in [0.4, 0.5) is 5.69 Å². The van der Waals surface area contributed by atoms with E-state index in [0.717, 1.165) is 28.3 Å². The third-order valence-electron chi connectivity index (χ3n) is 5.84. The van der Waals surface area contributed by atoms with Crippen LogP contribution in [0.15, 0.2) is 48.7 Å². The van der Waals surface area contributed by atoms with Crippen LogP contribution in [0.3, 0.4) is 0 Å². The van der Waals surface area contributed by atoms with Crippen molar-refractivity contribution in [2.24, 2.45) is 0 Å². The molecule has 2 atom stereocenters. The number of aromatic amines is 1. The Hall–Kier alpha value is -2.46. The van der Waals surface area contributed by atoms with Gasteiger partial charge in [0.05, 0.1) is 17.8 Å². The normalized spacial score (nSPS) is 18.0. The molecule has 6 nitrogen and oxygen atoms in total. The van der Waals surface area contributed by atoms with E-state index in [1.54, 1.807) is 6.20 Å². The number of carbonyl (C=O) groups excluding carboxylic acids is 1. The van der Waals surface area contributed by atoms with Crippen LogP contribution in [0.25, 0.3) is 0 Å². The molecule has 0 spiro atoms. The molecule has 1 saturated heterocycles. The third kappa shape index (κ3) is 4.52. The smallest absolute Gasteiger partial charge is 0.226 e. The van der Waals surface area contributed by atoms with Crippen molar-refractivity contribution >= 4 is 51.5 Å². The van der Waals surface area contributed by atoms with E-state index in [4.69, 9.17) is 12.2 Å². The van der Waals surface area contributed by atoms with Crippen molar-refractivity contribution in [2.45, 2.75) is 39.3 Å². The molecule has 1 aromatic carbocycles. The summed E-state index contributed by atoms with van der Waals surface area (Å²) in [5, 5.41) is 7.13. The fourth-order valence-corrected chi connectivity index (χ4v) is 5.42. The summed E-state index contributed by atoms with van der Waals surface area (Å²) in [6.45, 7) is 6.66. The first-order valence-electron chi connectivity index (χ1n) is 10.5. The lowest BCUT2D eigenvalue weighted by atomic mass is 9.96. The zero-order chi connectivity index (χ0) is 22.8. The van der Waals surface area contributed by atoms with Crippen LogP contribution in [-0.2, 0) is 4.79 Å².